The molecule has 0 unspecified atom stereocenters. The summed E-state index contributed by atoms with van der Waals surface area (Å²) in [5.41, 5.74) is -0.849. The van der Waals surface area contributed by atoms with Crippen molar-refractivity contribution < 1.29 is 50.2 Å². The summed E-state index contributed by atoms with van der Waals surface area (Å²) in [5.74, 6) is 1.02. The molecular weight excluding hydrogens is 480 g/mol. The number of allylic oxidation sites excluding steroid dienone is 6. The molecule has 0 N–H and O–H groups in total. The Morgan fingerprint density at radius 2 is 1.03 bits per heavy atom. The van der Waals surface area contributed by atoms with Crippen molar-refractivity contribution in [3.63, 3.8) is 0 Å². The fourth-order valence-electron chi connectivity index (χ4n) is 1.85. The Balaban J connectivity index is -0.000000205. The quantitative estimate of drug-likeness (QED) is 0.153. The Hall–Kier alpha value is -2.43. The predicted octanol–water partition coefficient (Wildman–Crippen LogP) is 5.75. The molecule has 0 aromatic carbocycles. The van der Waals surface area contributed by atoms with Gasteiger partial charge in [0.1, 0.15) is 17.8 Å². The molecule has 2 rings (SSSR count). The first kappa shape index (κ1) is 38.8. The van der Waals surface area contributed by atoms with E-state index in [-0.39, 0.29) is 29.0 Å². The van der Waals surface area contributed by atoms with E-state index < -0.39 is 10.8 Å². The Kier molecular flexibility index (Phi) is 25.5. The third-order valence-electron chi connectivity index (χ3n) is 3.57. The van der Waals surface area contributed by atoms with Gasteiger partial charge in [0, 0.05) is 17.1 Å². The van der Waals surface area contributed by atoms with E-state index in [1.807, 2.05) is 78.0 Å². The number of hydrogen-bond acceptors (Lipinski definition) is 5. The molecule has 0 radical (unpaired) electrons. The van der Waals surface area contributed by atoms with Crippen LogP contribution in [0, 0.1) is 24.1 Å². The van der Waals surface area contributed by atoms with Crippen molar-refractivity contribution in [2.24, 2.45) is 10.8 Å². The minimum absolute atomic E-state index is 0. The molecule has 8 heteroatoms. The second kappa shape index (κ2) is 22.4. The summed E-state index contributed by atoms with van der Waals surface area (Å²) in [6.07, 6.45) is 16.4. The van der Waals surface area contributed by atoms with Gasteiger partial charge >= 0.3 is 34.5 Å². The van der Waals surface area contributed by atoms with Crippen molar-refractivity contribution in [2.75, 3.05) is 0 Å². The van der Waals surface area contributed by atoms with Gasteiger partial charge in [-0.2, -0.15) is 0 Å². The van der Waals surface area contributed by atoms with Crippen molar-refractivity contribution in [1.82, 2.24) is 0 Å². The van der Waals surface area contributed by atoms with Crippen LogP contribution in [0.15, 0.2) is 48.0 Å². The second-order valence-corrected chi connectivity index (χ2v) is 8.69. The molecule has 190 valence electrons. The van der Waals surface area contributed by atoms with Gasteiger partial charge in [-0.25, -0.2) is 0 Å². The van der Waals surface area contributed by atoms with Crippen LogP contribution >= 0.6 is 0 Å². The van der Waals surface area contributed by atoms with E-state index in [9.17, 15) is 9.59 Å². The van der Waals surface area contributed by atoms with Crippen LogP contribution in [0.3, 0.4) is 0 Å². The number of esters is 2. The summed E-state index contributed by atoms with van der Waals surface area (Å²) < 4.78 is 25.4. The standard InChI is InChI=1S/2C11H16O2.C2H4O.2CO.Fe/c2*1-11(2,3)10(12)13-9-7-5-4-6-8-9;1-2-3;2*1-2;/h2*5,7-8H,4,6H2,1-3H3;2H,1H3;;;. The zero-order valence-electron chi connectivity index (χ0n) is 21.1. The number of hydrogen-bond donors (Lipinski definition) is 0. The van der Waals surface area contributed by atoms with Crippen LogP contribution in [0.25, 0.3) is 0 Å². The number of aldehydes is 1. The summed E-state index contributed by atoms with van der Waals surface area (Å²) in [6, 6.07) is 0. The summed E-state index contributed by atoms with van der Waals surface area (Å²) in [7, 11) is 0. The van der Waals surface area contributed by atoms with Gasteiger partial charge in [-0.3, -0.25) is 9.59 Å². The molecule has 0 aromatic heterocycles. The van der Waals surface area contributed by atoms with Crippen LogP contribution in [0.1, 0.15) is 74.1 Å². The zero-order chi connectivity index (χ0) is 26.5. The fraction of sp³-hybridized carbons (Fsp3) is 0.500. The maximum absolute atomic E-state index is 11.4. The number of carbonyl (C=O) groups is 3. The minimum atomic E-state index is -0.424. The largest absolute Gasteiger partial charge is 0 e. The molecule has 0 spiro atoms. The molecule has 0 aromatic rings. The van der Waals surface area contributed by atoms with Gasteiger partial charge in [-0.05, 0) is 98.5 Å². The number of rotatable bonds is 2. The Morgan fingerprint density at radius 3 is 1.21 bits per heavy atom. The normalized spacial score (nSPS) is 13.3. The third kappa shape index (κ3) is 21.4. The van der Waals surface area contributed by atoms with Crippen LogP contribution in [-0.2, 0) is 50.2 Å². The predicted molar refractivity (Wildman–Crippen MR) is 124 cm³/mol. The summed E-state index contributed by atoms with van der Waals surface area (Å²) in [6.45, 7) is 21.5. The van der Waals surface area contributed by atoms with E-state index in [0.29, 0.717) is 11.5 Å². The molecule has 0 saturated heterocycles. The van der Waals surface area contributed by atoms with Gasteiger partial charge in [0.25, 0.3) is 0 Å². The van der Waals surface area contributed by atoms with Crippen molar-refractivity contribution in [3.8, 4) is 0 Å². The Morgan fingerprint density at radius 1 is 0.765 bits per heavy atom. The summed E-state index contributed by atoms with van der Waals surface area (Å²) in [4.78, 5) is 31.7. The number of carbonyl (C=O) groups excluding carboxylic acids is 3. The SMILES string of the molecule is CC(C)(C)C(=O)OC1=CCCC=C1.CC(C)(C)C(=O)OC1=CCCC=C1.CC=O.[C-]#[O+].[C-]#[O+].[Fe]. The maximum Gasteiger partial charge on any atom is 0 e. The van der Waals surface area contributed by atoms with Crippen LogP contribution in [0.4, 0.5) is 0 Å². The van der Waals surface area contributed by atoms with Crippen LogP contribution in [-0.4, -0.2) is 18.2 Å². The van der Waals surface area contributed by atoms with E-state index in [4.69, 9.17) is 23.6 Å². The maximum atomic E-state index is 11.4. The molecule has 0 fully saturated rings. The van der Waals surface area contributed by atoms with Crippen molar-refractivity contribution >= 4 is 18.2 Å². The Labute approximate surface area is 214 Å². The second-order valence-electron chi connectivity index (χ2n) is 8.69. The monoisotopic (exact) mass is 516 g/mol. The molecule has 2 aliphatic carbocycles. The van der Waals surface area contributed by atoms with E-state index in [1.54, 1.807) is 0 Å². The third-order valence-corrected chi connectivity index (χ3v) is 3.57. The first-order chi connectivity index (χ1) is 15.4. The first-order valence-electron chi connectivity index (χ1n) is 10.4. The van der Waals surface area contributed by atoms with Gasteiger partial charge in [-0.15, -0.1) is 0 Å². The Bertz CT molecular complexity index is 693. The molecule has 34 heavy (non-hydrogen) atoms. The average molecular weight is 516 g/mol. The van der Waals surface area contributed by atoms with Crippen molar-refractivity contribution in [3.05, 3.63) is 61.3 Å². The van der Waals surface area contributed by atoms with E-state index in [1.165, 1.54) is 6.92 Å². The molecule has 2 aliphatic rings. The molecule has 0 bridgehead atoms. The van der Waals surface area contributed by atoms with Crippen molar-refractivity contribution in [2.45, 2.75) is 74.1 Å². The molecule has 0 saturated carbocycles. The van der Waals surface area contributed by atoms with Crippen LogP contribution in [0.5, 0.6) is 0 Å². The average Bonchev–Trinajstić information content (AvgIpc) is 2.78. The molecule has 0 atom stereocenters. The molecule has 0 aliphatic heterocycles. The molecule has 0 heterocycles. The van der Waals surface area contributed by atoms with E-state index >= 15 is 0 Å². The smallest absolute Gasteiger partial charge is 0 e. The molecule has 0 amide bonds. The van der Waals surface area contributed by atoms with E-state index in [2.05, 4.69) is 13.3 Å². The van der Waals surface area contributed by atoms with Crippen LogP contribution in [0.2, 0.25) is 0 Å². The number of ether oxygens (including phenoxy) is 2. The molecular formula is C26H36FeO7. The van der Waals surface area contributed by atoms with Gasteiger partial charge < -0.3 is 14.3 Å². The zero-order valence-corrected chi connectivity index (χ0v) is 22.2. The summed E-state index contributed by atoms with van der Waals surface area (Å²) in [5, 5.41) is 0. The van der Waals surface area contributed by atoms with Crippen LogP contribution < -0.4 is 0 Å². The van der Waals surface area contributed by atoms with Gasteiger partial charge in [0.05, 0.1) is 10.8 Å². The van der Waals surface area contributed by atoms with Gasteiger partial charge in [-0.1, -0.05) is 12.2 Å². The first-order valence-corrected chi connectivity index (χ1v) is 10.4. The van der Waals surface area contributed by atoms with Gasteiger partial charge in [0.2, 0.25) is 0 Å². The molecule has 7 nitrogen and oxygen atoms in total. The fourth-order valence-corrected chi connectivity index (χ4v) is 1.85. The minimum Gasteiger partial charge on any atom is 0 e. The van der Waals surface area contributed by atoms with E-state index in [0.717, 1.165) is 32.0 Å². The summed E-state index contributed by atoms with van der Waals surface area (Å²) >= 11 is 0. The van der Waals surface area contributed by atoms with Gasteiger partial charge in [0.15, 0.2) is 0 Å². The van der Waals surface area contributed by atoms with Crippen molar-refractivity contribution in [1.29, 1.82) is 0 Å². The topological polar surface area (TPSA) is 109 Å².